The number of hydrogen-bond donors (Lipinski definition) is 7. The Labute approximate surface area is 196 Å². The molecule has 0 aromatic carbocycles. The second kappa shape index (κ2) is 11.5. The fraction of sp³-hybridized carbons (Fsp3) is 0.455. The molecule has 2 unspecified atom stereocenters. The van der Waals surface area contributed by atoms with E-state index in [1.54, 1.807) is 0 Å². The third-order valence-corrected chi connectivity index (χ3v) is 8.35. The number of aliphatic hydroxyl groups is 2. The average Bonchev–Trinajstić information content (AvgIpc) is 2.90. The Kier molecular flexibility index (Phi) is 10.6. The normalized spacial score (nSPS) is 28.6. The van der Waals surface area contributed by atoms with Gasteiger partial charge in [-0.2, -0.15) is 4.31 Å². The van der Waals surface area contributed by atoms with E-state index in [2.05, 4.69) is 44.8 Å². The fourth-order valence-corrected chi connectivity index (χ4v) is 6.39. The maximum atomic E-state index is 12.0. The lowest BCUT2D eigenvalue weighted by molar-refractivity contribution is -0.0757. The van der Waals surface area contributed by atoms with Gasteiger partial charge in [-0.1, -0.05) is 17.7 Å². The van der Waals surface area contributed by atoms with Gasteiger partial charge in [0, 0.05) is 12.3 Å². The zero-order chi connectivity index (χ0) is 25.8. The van der Waals surface area contributed by atoms with Crippen molar-refractivity contribution >= 4 is 54.0 Å². The lowest BCUT2D eigenvalue weighted by atomic mass is 9.95. The van der Waals surface area contributed by atoms with Crippen molar-refractivity contribution in [3.8, 4) is 12.3 Å². The molecule has 0 bridgehead atoms. The van der Waals surface area contributed by atoms with Crippen LogP contribution in [0.3, 0.4) is 0 Å². The summed E-state index contributed by atoms with van der Waals surface area (Å²) in [6.45, 7) is -5.67. The first-order chi connectivity index (χ1) is 15.0. The number of phosphoric acid groups is 2. The topological polar surface area (TPSA) is 247 Å². The second-order valence-corrected chi connectivity index (χ2v) is 11.6. The Hall–Kier alpha value is -0.530. The first-order valence-corrected chi connectivity index (χ1v) is 15.1. The van der Waals surface area contributed by atoms with Gasteiger partial charge in [0.15, 0.2) is 11.8 Å². The highest BCUT2D eigenvalue weighted by Gasteiger charge is 2.56. The highest BCUT2D eigenvalue weighted by atomic mass is 32.5. The average molecular weight is 588 g/mol. The van der Waals surface area contributed by atoms with Crippen molar-refractivity contribution in [1.29, 1.82) is 0 Å². The van der Waals surface area contributed by atoms with Crippen LogP contribution in [-0.2, 0) is 50.6 Å². The van der Waals surface area contributed by atoms with Crippen LogP contribution < -0.4 is 11.2 Å². The number of aromatic nitrogens is 2. The molecule has 1 aromatic heterocycles. The first-order valence-electron chi connectivity index (χ1n) is 7.83. The Balaban J connectivity index is 0.00000265. The zero-order valence-electron chi connectivity index (χ0n) is 15.7. The largest absolute Gasteiger partial charge is 0.488 e. The first kappa shape index (κ1) is 30.5. The summed E-state index contributed by atoms with van der Waals surface area (Å²) in [7, 11) is -8.52. The Morgan fingerprint density at radius 2 is 1.85 bits per heavy atom. The van der Waals surface area contributed by atoms with Gasteiger partial charge in [-0.15, -0.1) is 6.42 Å². The zero-order valence-corrected chi connectivity index (χ0v) is 21.0. The van der Waals surface area contributed by atoms with Gasteiger partial charge in [0.05, 0.1) is 6.61 Å². The monoisotopic (exact) mass is 588 g/mol. The van der Waals surface area contributed by atoms with Gasteiger partial charge in [0.25, 0.3) is 5.56 Å². The molecule has 0 amide bonds. The molecule has 0 aliphatic carbocycles. The molecule has 0 radical (unpaired) electrons. The number of H-pyrrole nitrogens is 1. The summed E-state index contributed by atoms with van der Waals surface area (Å²) in [5.41, 5.74) is -4.36. The summed E-state index contributed by atoms with van der Waals surface area (Å²) in [6, 6.07) is 0.902. The van der Waals surface area contributed by atoms with Crippen LogP contribution in [0.5, 0.6) is 0 Å². The van der Waals surface area contributed by atoms with Crippen molar-refractivity contribution in [3.05, 3.63) is 33.1 Å². The van der Waals surface area contributed by atoms with Gasteiger partial charge >= 0.3 is 28.1 Å². The van der Waals surface area contributed by atoms with Crippen LogP contribution in [0.2, 0.25) is 0 Å². The molecule has 0 spiro atoms. The Bertz CT molecular complexity index is 1160. The van der Waals surface area contributed by atoms with Crippen LogP contribution in [0.25, 0.3) is 0 Å². The second-order valence-electron chi connectivity index (χ2n) is 5.85. The number of ether oxygens (including phenoxy) is 1. The molecule has 1 aliphatic heterocycles. The highest BCUT2D eigenvalue weighted by Crippen LogP contribution is 2.66. The summed E-state index contributed by atoms with van der Waals surface area (Å²) < 4.78 is 40.3. The number of aliphatic hydroxyl groups excluding tert-OH is 1. The number of rotatable bonds is 8. The standard InChI is InChI=1S/C11H15N2O14P3S.HPS/c1-2-11(17)8(15)6(25-9(11)13-4-3-7(14)12-10(13)16)5-24-30(23,31)27-29(21,22)26-28(18,19)20;1-2/h1,3-4,6,8-9,15,17H,5H2,(H,21,22)(H,23,31)(H,12,14,16)(H2,18,19,20);1H/t6-,8-,9-,11-,30?;/m1./s1. The quantitative estimate of drug-likeness (QED) is 0.131. The van der Waals surface area contributed by atoms with Crippen molar-refractivity contribution in [2.45, 2.75) is 24.0 Å². The van der Waals surface area contributed by atoms with Gasteiger partial charge in [0.1, 0.15) is 12.2 Å². The predicted molar refractivity (Wildman–Crippen MR) is 117 cm³/mol. The van der Waals surface area contributed by atoms with Crippen LogP contribution in [0.15, 0.2) is 21.9 Å². The van der Waals surface area contributed by atoms with Crippen LogP contribution in [0.1, 0.15) is 6.23 Å². The minimum absolute atomic E-state index is 0.659. The summed E-state index contributed by atoms with van der Waals surface area (Å²) in [5, 5.41) is 20.9. The maximum Gasteiger partial charge on any atom is 0.488 e. The van der Waals surface area contributed by atoms with Crippen molar-refractivity contribution in [2.24, 2.45) is 0 Å². The molecule has 0 saturated carbocycles. The van der Waals surface area contributed by atoms with E-state index in [0.717, 1.165) is 12.3 Å². The van der Waals surface area contributed by atoms with Crippen LogP contribution >= 0.6 is 30.4 Å². The summed E-state index contributed by atoms with van der Waals surface area (Å²) in [6.07, 6.45) is 0.836. The van der Waals surface area contributed by atoms with E-state index in [1.807, 2.05) is 10.9 Å². The van der Waals surface area contributed by atoms with E-state index in [-0.39, 0.29) is 0 Å². The lowest BCUT2D eigenvalue weighted by Gasteiger charge is -2.26. The molecule has 33 heavy (non-hydrogen) atoms. The maximum absolute atomic E-state index is 12.0. The fourth-order valence-electron chi connectivity index (χ4n) is 2.42. The summed E-state index contributed by atoms with van der Waals surface area (Å²) in [5.74, 6) is 1.84. The van der Waals surface area contributed by atoms with Crippen LogP contribution in [0, 0.1) is 12.3 Å². The smallest absolute Gasteiger partial charge is 0.386 e. The molecule has 186 valence electrons. The van der Waals surface area contributed by atoms with Gasteiger partial charge in [-0.25, -0.2) is 18.2 Å². The molecule has 16 nitrogen and oxygen atoms in total. The molecule has 7 N–H and O–H groups in total. The molecule has 1 aromatic rings. The number of aromatic amines is 1. The third kappa shape index (κ3) is 8.28. The van der Waals surface area contributed by atoms with Crippen molar-refractivity contribution in [2.75, 3.05) is 6.61 Å². The summed E-state index contributed by atoms with van der Waals surface area (Å²) >= 11 is 8.31. The molecule has 22 heteroatoms. The van der Waals surface area contributed by atoms with E-state index in [1.165, 1.54) is 0 Å². The third-order valence-electron chi connectivity index (χ3n) is 3.64. The molecule has 6 atom stereocenters. The molecule has 2 rings (SSSR count). The minimum Gasteiger partial charge on any atom is -0.386 e. The SMILES string of the molecule is C#C[C@@]1(O)[C@H](O)[C@@H](COP(O)(=S)OP(=O)(O)OP(=O)(O)O)O[C@H]1n1ccc(=O)[nH]c1=O.P=S. The predicted octanol–water partition coefficient (Wildman–Crippen LogP) is -1.79. The Morgan fingerprint density at radius 1 is 1.27 bits per heavy atom. The number of nitrogens with zero attached hydrogens (tertiary/aromatic N) is 1. The number of hydrogen-bond acceptors (Lipinski definition) is 12. The number of terminal acetylenes is 1. The van der Waals surface area contributed by atoms with Crippen LogP contribution in [-0.4, -0.2) is 63.8 Å². The van der Waals surface area contributed by atoms with Crippen molar-refractivity contribution in [1.82, 2.24) is 9.55 Å². The molecule has 1 saturated heterocycles. The highest BCUT2D eigenvalue weighted by molar-refractivity contribution is 8.08. The number of nitrogens with one attached hydrogen (secondary N) is 1. The van der Waals surface area contributed by atoms with Gasteiger partial charge in [0.2, 0.25) is 0 Å². The van der Waals surface area contributed by atoms with Gasteiger partial charge < -0.3 is 39.0 Å². The molecule has 2 heterocycles. The van der Waals surface area contributed by atoms with Crippen molar-refractivity contribution in [3.63, 3.8) is 0 Å². The van der Waals surface area contributed by atoms with Gasteiger partial charge in [-0.3, -0.25) is 14.3 Å². The Morgan fingerprint density at radius 3 is 2.33 bits per heavy atom. The van der Waals surface area contributed by atoms with Gasteiger partial charge in [-0.05, 0) is 19.8 Å². The molecule has 1 fully saturated rings. The van der Waals surface area contributed by atoms with Crippen molar-refractivity contribution < 1.29 is 56.8 Å². The minimum atomic E-state index is -5.57. The summed E-state index contributed by atoms with van der Waals surface area (Å²) in [4.78, 5) is 61.1. The molecular weight excluding hydrogens is 572 g/mol. The lowest BCUT2D eigenvalue weighted by Crippen LogP contribution is -2.48. The van der Waals surface area contributed by atoms with E-state index in [4.69, 9.17) is 20.9 Å². The van der Waals surface area contributed by atoms with Crippen LogP contribution in [0.4, 0.5) is 0 Å². The molecular formula is C11H16N2O14P4S2. The van der Waals surface area contributed by atoms with E-state index >= 15 is 0 Å². The van der Waals surface area contributed by atoms with E-state index in [9.17, 15) is 38.7 Å². The van der Waals surface area contributed by atoms with E-state index < -0.39 is 64.3 Å². The van der Waals surface area contributed by atoms with E-state index in [0.29, 0.717) is 4.57 Å². The molecule has 1 aliphatic rings.